The van der Waals surface area contributed by atoms with Crippen LogP contribution in [0.5, 0.6) is 0 Å². The number of hydrogen-bond acceptors (Lipinski definition) is 4. The quantitative estimate of drug-likeness (QED) is 0.389. The minimum atomic E-state index is -0.745. The molecule has 1 aromatic carbocycles. The van der Waals surface area contributed by atoms with E-state index in [-0.39, 0.29) is 23.6 Å². The number of halogens is 1. The van der Waals surface area contributed by atoms with E-state index in [1.165, 1.54) is 0 Å². The average molecular weight is 276 g/mol. The molecule has 4 nitrogen and oxygen atoms in total. The van der Waals surface area contributed by atoms with Gasteiger partial charge in [0, 0.05) is 12.0 Å². The number of allylic oxidation sites excluding steroid dienone is 2. The predicted octanol–water partition coefficient (Wildman–Crippen LogP) is 2.12. The van der Waals surface area contributed by atoms with Crippen molar-refractivity contribution in [1.29, 1.82) is 0 Å². The summed E-state index contributed by atoms with van der Waals surface area (Å²) in [5.74, 6) is -0.0681. The summed E-state index contributed by atoms with van der Waals surface area (Å²) in [5, 5.41) is 2.80. The van der Waals surface area contributed by atoms with Crippen molar-refractivity contribution in [3.63, 3.8) is 0 Å². The van der Waals surface area contributed by atoms with Crippen LogP contribution >= 0.6 is 11.6 Å². The summed E-state index contributed by atoms with van der Waals surface area (Å²) in [4.78, 5) is 24.4. The SMILES string of the molecule is O=C1CC=C2OC(Cl)NC2=C1C(=O)c1ccccc1. The van der Waals surface area contributed by atoms with Gasteiger partial charge in [0.15, 0.2) is 11.6 Å². The van der Waals surface area contributed by atoms with Crippen molar-refractivity contribution in [3.05, 3.63) is 59.0 Å². The van der Waals surface area contributed by atoms with E-state index in [2.05, 4.69) is 5.32 Å². The number of nitrogens with one attached hydrogen (secondary N) is 1. The number of Topliss-reactive ketones (excluding diaryl/α,β-unsaturated/α-hetero) is 2. The molecule has 5 heteroatoms. The first-order chi connectivity index (χ1) is 9.16. The van der Waals surface area contributed by atoms with Crippen LogP contribution in [-0.2, 0) is 9.53 Å². The smallest absolute Gasteiger partial charge is 0.248 e. The van der Waals surface area contributed by atoms with Crippen LogP contribution in [0, 0.1) is 0 Å². The normalized spacial score (nSPS) is 21.4. The van der Waals surface area contributed by atoms with Gasteiger partial charge in [-0.3, -0.25) is 9.59 Å². The van der Waals surface area contributed by atoms with E-state index in [0.717, 1.165) is 0 Å². The first kappa shape index (κ1) is 12.0. The molecule has 3 rings (SSSR count). The van der Waals surface area contributed by atoms with Crippen LogP contribution < -0.4 is 5.32 Å². The Morgan fingerprint density at radius 1 is 1.32 bits per heavy atom. The Hall–Kier alpha value is -2.07. The molecule has 0 saturated carbocycles. The fourth-order valence-corrected chi connectivity index (χ4v) is 2.34. The fourth-order valence-electron chi connectivity index (χ4n) is 2.13. The second-order valence-corrected chi connectivity index (χ2v) is 4.62. The van der Waals surface area contributed by atoms with Gasteiger partial charge < -0.3 is 10.1 Å². The number of carbonyl (C=O) groups is 2. The van der Waals surface area contributed by atoms with E-state index in [1.54, 1.807) is 30.3 Å². The van der Waals surface area contributed by atoms with Gasteiger partial charge in [0.1, 0.15) is 5.76 Å². The molecule has 0 spiro atoms. The third kappa shape index (κ3) is 2.04. The standard InChI is InChI=1S/C14H10ClNO3/c15-14-16-12-10(19-14)7-6-9(17)11(12)13(18)8-4-2-1-3-5-8/h1-5,7,14,16H,6H2. The summed E-state index contributed by atoms with van der Waals surface area (Å²) in [6, 6.07) is 8.68. The highest BCUT2D eigenvalue weighted by molar-refractivity contribution is 6.28. The van der Waals surface area contributed by atoms with E-state index in [9.17, 15) is 9.59 Å². The molecule has 1 aliphatic carbocycles. The van der Waals surface area contributed by atoms with Gasteiger partial charge in [-0.25, -0.2) is 0 Å². The molecule has 1 fully saturated rings. The lowest BCUT2D eigenvalue weighted by atomic mass is 9.92. The minimum absolute atomic E-state index is 0.117. The molecule has 0 aromatic heterocycles. The van der Waals surface area contributed by atoms with E-state index in [0.29, 0.717) is 17.0 Å². The molecule has 1 aromatic rings. The second-order valence-electron chi connectivity index (χ2n) is 4.22. The van der Waals surface area contributed by atoms with Crippen molar-refractivity contribution in [2.45, 2.75) is 12.1 Å². The first-order valence-electron chi connectivity index (χ1n) is 5.82. The Morgan fingerprint density at radius 2 is 2.05 bits per heavy atom. The van der Waals surface area contributed by atoms with E-state index in [4.69, 9.17) is 16.3 Å². The molecule has 1 saturated heterocycles. The summed E-state index contributed by atoms with van der Waals surface area (Å²) >= 11 is 5.82. The van der Waals surface area contributed by atoms with Gasteiger partial charge in [0.25, 0.3) is 0 Å². The molecule has 1 atom stereocenters. The van der Waals surface area contributed by atoms with Gasteiger partial charge in [-0.1, -0.05) is 41.9 Å². The molecule has 19 heavy (non-hydrogen) atoms. The minimum Gasteiger partial charge on any atom is -0.455 e. The Labute approximate surface area is 114 Å². The number of ether oxygens (including phenoxy) is 1. The van der Waals surface area contributed by atoms with Crippen LogP contribution in [0.4, 0.5) is 0 Å². The molecule has 1 unspecified atom stereocenters. The van der Waals surface area contributed by atoms with Crippen LogP contribution in [0.2, 0.25) is 0 Å². The summed E-state index contributed by atoms with van der Waals surface area (Å²) in [6.45, 7) is 0. The van der Waals surface area contributed by atoms with Crippen molar-refractivity contribution in [2.75, 3.05) is 0 Å². The largest absolute Gasteiger partial charge is 0.455 e. The Morgan fingerprint density at radius 3 is 2.79 bits per heavy atom. The van der Waals surface area contributed by atoms with Gasteiger partial charge in [0.2, 0.25) is 5.69 Å². The lowest BCUT2D eigenvalue weighted by molar-refractivity contribution is -0.114. The summed E-state index contributed by atoms with van der Waals surface area (Å²) in [7, 11) is 0. The van der Waals surface area contributed by atoms with Crippen molar-refractivity contribution < 1.29 is 14.3 Å². The number of alkyl halides is 1. The average Bonchev–Trinajstić information content (AvgIpc) is 2.79. The number of hydrogen-bond donors (Lipinski definition) is 1. The lowest BCUT2D eigenvalue weighted by Crippen LogP contribution is -2.24. The topological polar surface area (TPSA) is 55.4 Å². The lowest BCUT2D eigenvalue weighted by Gasteiger charge is -2.12. The fraction of sp³-hybridized carbons (Fsp3) is 0.143. The highest BCUT2D eigenvalue weighted by Gasteiger charge is 2.35. The highest BCUT2D eigenvalue weighted by Crippen LogP contribution is 2.31. The van der Waals surface area contributed by atoms with E-state index < -0.39 is 5.69 Å². The number of rotatable bonds is 2. The van der Waals surface area contributed by atoms with Crippen molar-refractivity contribution >= 4 is 23.2 Å². The molecule has 96 valence electrons. The molecule has 0 amide bonds. The van der Waals surface area contributed by atoms with Crippen molar-refractivity contribution in [2.24, 2.45) is 0 Å². The first-order valence-corrected chi connectivity index (χ1v) is 6.25. The molecule has 0 radical (unpaired) electrons. The number of ketones is 2. The second kappa shape index (κ2) is 4.55. The molecule has 1 heterocycles. The van der Waals surface area contributed by atoms with E-state index >= 15 is 0 Å². The number of carbonyl (C=O) groups excluding carboxylic acids is 2. The third-order valence-corrected chi connectivity index (χ3v) is 3.20. The Kier molecular flexibility index (Phi) is 2.87. The van der Waals surface area contributed by atoms with E-state index in [1.807, 2.05) is 6.07 Å². The van der Waals surface area contributed by atoms with Crippen LogP contribution in [0.3, 0.4) is 0 Å². The Balaban J connectivity index is 2.07. The van der Waals surface area contributed by atoms with Gasteiger partial charge in [-0.2, -0.15) is 0 Å². The van der Waals surface area contributed by atoms with Gasteiger partial charge in [-0.15, -0.1) is 0 Å². The van der Waals surface area contributed by atoms with Crippen molar-refractivity contribution in [3.8, 4) is 0 Å². The predicted molar refractivity (Wildman–Crippen MR) is 69.4 cm³/mol. The van der Waals surface area contributed by atoms with Crippen LogP contribution in [0.25, 0.3) is 0 Å². The van der Waals surface area contributed by atoms with Gasteiger partial charge >= 0.3 is 0 Å². The number of benzene rings is 1. The third-order valence-electron chi connectivity index (χ3n) is 3.00. The zero-order valence-electron chi connectivity index (χ0n) is 9.85. The molecular weight excluding hydrogens is 266 g/mol. The number of fused-ring (bicyclic) bond motifs is 1. The van der Waals surface area contributed by atoms with Crippen LogP contribution in [0.1, 0.15) is 16.8 Å². The highest BCUT2D eigenvalue weighted by atomic mass is 35.5. The maximum absolute atomic E-state index is 12.4. The monoisotopic (exact) mass is 275 g/mol. The zero-order chi connectivity index (χ0) is 13.4. The van der Waals surface area contributed by atoms with Crippen LogP contribution in [-0.4, -0.2) is 17.3 Å². The maximum atomic E-state index is 12.4. The maximum Gasteiger partial charge on any atom is 0.248 e. The summed E-state index contributed by atoms with van der Waals surface area (Å²) < 4.78 is 5.28. The van der Waals surface area contributed by atoms with Gasteiger partial charge in [0.05, 0.1) is 11.3 Å². The molecular formula is C14H10ClNO3. The zero-order valence-corrected chi connectivity index (χ0v) is 10.6. The van der Waals surface area contributed by atoms with Crippen LogP contribution in [0.15, 0.2) is 53.4 Å². The molecule has 2 aliphatic rings. The Bertz CT molecular complexity index is 619. The molecule has 1 aliphatic heterocycles. The molecule has 0 bridgehead atoms. The summed E-state index contributed by atoms with van der Waals surface area (Å²) in [5.41, 5.74) is 0.238. The van der Waals surface area contributed by atoms with Gasteiger partial charge in [-0.05, 0) is 6.08 Å². The molecule has 1 N–H and O–H groups in total. The van der Waals surface area contributed by atoms with Crippen molar-refractivity contribution in [1.82, 2.24) is 5.32 Å². The summed E-state index contributed by atoms with van der Waals surface area (Å²) in [6.07, 6.45) is 1.78.